The Balaban J connectivity index is 0.00000131. The van der Waals surface area contributed by atoms with Crippen molar-refractivity contribution in [2.45, 2.75) is 38.1 Å². The molecule has 1 heterocycles. The van der Waals surface area contributed by atoms with Gasteiger partial charge in [0.25, 0.3) is 0 Å². The zero-order valence-corrected chi connectivity index (χ0v) is 17.9. The fourth-order valence-electron chi connectivity index (χ4n) is 5.09. The Morgan fingerprint density at radius 3 is 2.07 bits per heavy atom. The predicted octanol–water partition coefficient (Wildman–Crippen LogP) is 3.99. The van der Waals surface area contributed by atoms with Crippen LogP contribution in [0.1, 0.15) is 32.1 Å². The maximum Gasteiger partial charge on any atom is 0.225 e. The molecule has 152 valence electrons. The number of amides is 1. The molecule has 1 aliphatic heterocycles. The summed E-state index contributed by atoms with van der Waals surface area (Å²) in [6.45, 7) is 3.43. The molecule has 4 nitrogen and oxygen atoms in total. The zero-order chi connectivity index (χ0) is 17.4. The summed E-state index contributed by atoms with van der Waals surface area (Å²) in [6.07, 6.45) is 5.74. The molecule has 1 saturated heterocycles. The molecule has 7 heteroatoms. The largest absolute Gasteiger partial charge is 0.368 e. The molecular weight excluding hydrogens is 405 g/mol. The lowest BCUT2D eigenvalue weighted by atomic mass is 9.65. The lowest BCUT2D eigenvalue weighted by molar-refractivity contribution is -0.138. The summed E-state index contributed by atoms with van der Waals surface area (Å²) < 4.78 is 0. The number of halogens is 3. The number of nitrogens with two attached hydrogens (primary N) is 1. The minimum Gasteiger partial charge on any atom is -0.368 e. The number of nitrogens with zero attached hydrogens (tertiary/aromatic N) is 2. The second-order valence-corrected chi connectivity index (χ2v) is 8.42. The van der Waals surface area contributed by atoms with Crippen molar-refractivity contribution in [2.75, 3.05) is 31.1 Å². The Hall–Kier alpha value is -0.680. The van der Waals surface area contributed by atoms with E-state index in [0.717, 1.165) is 44.0 Å². The van der Waals surface area contributed by atoms with Crippen LogP contribution in [0.2, 0.25) is 5.02 Å². The van der Waals surface area contributed by atoms with Crippen LogP contribution < -0.4 is 10.6 Å². The van der Waals surface area contributed by atoms with Crippen LogP contribution in [-0.2, 0) is 4.79 Å². The first-order chi connectivity index (χ1) is 12.1. The average molecular weight is 435 g/mol. The van der Waals surface area contributed by atoms with E-state index in [-0.39, 0.29) is 30.7 Å². The molecule has 1 aromatic carbocycles. The zero-order valence-electron chi connectivity index (χ0n) is 15.6. The molecule has 2 saturated carbocycles. The molecule has 1 amide bonds. The minimum atomic E-state index is 0. The van der Waals surface area contributed by atoms with Crippen molar-refractivity contribution in [1.29, 1.82) is 0 Å². The molecule has 3 fully saturated rings. The molecule has 2 atom stereocenters. The van der Waals surface area contributed by atoms with Gasteiger partial charge >= 0.3 is 0 Å². The van der Waals surface area contributed by atoms with Gasteiger partial charge in [0, 0.05) is 48.8 Å². The standard InChI is InChI=1S/C20H28ClN3O.2ClH/c21-17-4-6-18(7-5-17)23-8-10-24(11-9-23)20(25)16-12-14-2-1-3-15(13-16)19(14)22;;/h4-7,14-16,19H,1-3,8-13,22H2;2*1H. The van der Waals surface area contributed by atoms with Crippen LogP contribution >= 0.6 is 36.4 Å². The van der Waals surface area contributed by atoms with E-state index in [1.165, 1.54) is 24.9 Å². The first kappa shape index (κ1) is 22.6. The van der Waals surface area contributed by atoms with Crippen LogP contribution in [0.25, 0.3) is 0 Å². The third kappa shape index (κ3) is 4.84. The summed E-state index contributed by atoms with van der Waals surface area (Å²) in [5.41, 5.74) is 7.57. The lowest BCUT2D eigenvalue weighted by Crippen LogP contribution is -2.53. The quantitative estimate of drug-likeness (QED) is 0.766. The summed E-state index contributed by atoms with van der Waals surface area (Å²) in [5, 5.41) is 0.763. The molecule has 0 spiro atoms. The molecule has 2 N–H and O–H groups in total. The number of hydrogen-bond donors (Lipinski definition) is 1. The monoisotopic (exact) mass is 433 g/mol. The normalized spacial score (nSPS) is 30.1. The predicted molar refractivity (Wildman–Crippen MR) is 116 cm³/mol. The molecule has 0 aromatic heterocycles. The number of carbonyl (C=O) groups is 1. The SMILES string of the molecule is Cl.Cl.NC1C2CCCC1CC(C(=O)N1CCN(c3ccc(Cl)cc3)CC1)C2. The van der Waals surface area contributed by atoms with Crippen molar-refractivity contribution in [2.24, 2.45) is 23.5 Å². The van der Waals surface area contributed by atoms with E-state index in [9.17, 15) is 4.79 Å². The Bertz CT molecular complexity index is 605. The summed E-state index contributed by atoms with van der Waals surface area (Å²) in [4.78, 5) is 17.5. The van der Waals surface area contributed by atoms with Gasteiger partial charge in [-0.25, -0.2) is 0 Å². The summed E-state index contributed by atoms with van der Waals surface area (Å²) in [5.74, 6) is 1.71. The highest BCUT2D eigenvalue weighted by molar-refractivity contribution is 6.30. The van der Waals surface area contributed by atoms with E-state index >= 15 is 0 Å². The van der Waals surface area contributed by atoms with Crippen molar-refractivity contribution in [1.82, 2.24) is 4.90 Å². The molecule has 2 aliphatic carbocycles. The number of anilines is 1. The third-order valence-electron chi connectivity index (χ3n) is 6.55. The number of benzene rings is 1. The van der Waals surface area contributed by atoms with Crippen molar-refractivity contribution >= 4 is 48.0 Å². The number of piperazine rings is 1. The van der Waals surface area contributed by atoms with Gasteiger partial charge in [0.15, 0.2) is 0 Å². The second kappa shape index (κ2) is 9.69. The Morgan fingerprint density at radius 2 is 1.52 bits per heavy atom. The Labute approximate surface area is 179 Å². The van der Waals surface area contributed by atoms with E-state index in [0.29, 0.717) is 23.8 Å². The van der Waals surface area contributed by atoms with Crippen molar-refractivity contribution < 1.29 is 4.79 Å². The molecular formula is C20H30Cl3N3O. The van der Waals surface area contributed by atoms with Gasteiger partial charge in [-0.3, -0.25) is 4.79 Å². The molecule has 2 unspecified atom stereocenters. The van der Waals surface area contributed by atoms with Gasteiger partial charge in [-0.2, -0.15) is 0 Å². The van der Waals surface area contributed by atoms with Gasteiger partial charge < -0.3 is 15.5 Å². The van der Waals surface area contributed by atoms with Gasteiger partial charge in [-0.15, -0.1) is 24.8 Å². The van der Waals surface area contributed by atoms with E-state index in [2.05, 4.69) is 21.9 Å². The third-order valence-corrected chi connectivity index (χ3v) is 6.80. The van der Waals surface area contributed by atoms with Gasteiger partial charge in [-0.1, -0.05) is 18.0 Å². The summed E-state index contributed by atoms with van der Waals surface area (Å²) in [6, 6.07) is 8.31. The van der Waals surface area contributed by atoms with Gasteiger partial charge in [0.1, 0.15) is 0 Å². The molecule has 1 aromatic rings. The maximum absolute atomic E-state index is 13.0. The number of fused-ring (bicyclic) bond motifs is 2. The van der Waals surface area contributed by atoms with E-state index < -0.39 is 0 Å². The number of hydrogen-bond acceptors (Lipinski definition) is 3. The smallest absolute Gasteiger partial charge is 0.225 e. The Kier molecular flexibility index (Phi) is 8.11. The van der Waals surface area contributed by atoms with Crippen LogP contribution in [0, 0.1) is 17.8 Å². The number of carbonyl (C=O) groups excluding carboxylic acids is 1. The molecule has 0 radical (unpaired) electrons. The topological polar surface area (TPSA) is 49.6 Å². The Morgan fingerprint density at radius 1 is 0.963 bits per heavy atom. The van der Waals surface area contributed by atoms with Crippen molar-refractivity contribution in [3.05, 3.63) is 29.3 Å². The highest BCUT2D eigenvalue weighted by atomic mass is 35.5. The van der Waals surface area contributed by atoms with Crippen molar-refractivity contribution in [3.63, 3.8) is 0 Å². The van der Waals surface area contributed by atoms with Crippen LogP contribution in [0.3, 0.4) is 0 Å². The average Bonchev–Trinajstić information content (AvgIpc) is 2.62. The van der Waals surface area contributed by atoms with Crippen LogP contribution in [-0.4, -0.2) is 43.0 Å². The van der Waals surface area contributed by atoms with Gasteiger partial charge in [-0.05, 0) is 61.8 Å². The van der Waals surface area contributed by atoms with Crippen LogP contribution in [0.5, 0.6) is 0 Å². The molecule has 27 heavy (non-hydrogen) atoms. The first-order valence-electron chi connectivity index (χ1n) is 9.66. The summed E-state index contributed by atoms with van der Waals surface area (Å²) in [7, 11) is 0. The first-order valence-corrected chi connectivity index (χ1v) is 10.0. The molecule has 2 bridgehead atoms. The van der Waals surface area contributed by atoms with E-state index in [4.69, 9.17) is 17.3 Å². The van der Waals surface area contributed by atoms with Crippen LogP contribution in [0.4, 0.5) is 5.69 Å². The molecule has 3 aliphatic rings. The second-order valence-electron chi connectivity index (χ2n) is 7.99. The van der Waals surface area contributed by atoms with E-state index in [1.54, 1.807) is 0 Å². The lowest BCUT2D eigenvalue weighted by Gasteiger charge is -2.45. The van der Waals surface area contributed by atoms with Crippen LogP contribution in [0.15, 0.2) is 24.3 Å². The highest BCUT2D eigenvalue weighted by Crippen LogP contribution is 2.42. The summed E-state index contributed by atoms with van der Waals surface area (Å²) >= 11 is 5.97. The fraction of sp³-hybridized carbons (Fsp3) is 0.650. The van der Waals surface area contributed by atoms with Gasteiger partial charge in [0.2, 0.25) is 5.91 Å². The molecule has 4 rings (SSSR count). The fourth-order valence-corrected chi connectivity index (χ4v) is 5.21. The van der Waals surface area contributed by atoms with Gasteiger partial charge in [0.05, 0.1) is 0 Å². The van der Waals surface area contributed by atoms with E-state index in [1.807, 2.05) is 12.1 Å². The minimum absolute atomic E-state index is 0. The highest BCUT2D eigenvalue weighted by Gasteiger charge is 2.41. The maximum atomic E-state index is 13.0. The number of rotatable bonds is 2. The van der Waals surface area contributed by atoms with Crippen molar-refractivity contribution in [3.8, 4) is 0 Å².